The van der Waals surface area contributed by atoms with Gasteiger partial charge in [-0.15, -0.1) is 0 Å². The molecule has 0 aromatic carbocycles. The number of fused-ring (bicyclic) bond motifs is 3. The Morgan fingerprint density at radius 2 is 2.10 bits per heavy atom. The molecule has 0 spiro atoms. The molecule has 5 heteroatoms. The average Bonchev–Trinajstić information content (AvgIpc) is 3.01. The van der Waals surface area contributed by atoms with Gasteiger partial charge in [-0.05, 0) is 19.8 Å². The van der Waals surface area contributed by atoms with Crippen molar-refractivity contribution in [3.63, 3.8) is 0 Å². The second-order valence-corrected chi connectivity index (χ2v) is 6.41. The van der Waals surface area contributed by atoms with Crippen LogP contribution in [0, 0.1) is 0 Å². The molecule has 2 aromatic rings. The van der Waals surface area contributed by atoms with E-state index in [1.807, 2.05) is 16.9 Å². The van der Waals surface area contributed by atoms with Crippen molar-refractivity contribution < 1.29 is 4.74 Å². The van der Waals surface area contributed by atoms with E-state index in [0.717, 1.165) is 23.6 Å². The molecule has 0 bridgehead atoms. The van der Waals surface area contributed by atoms with Crippen molar-refractivity contribution in [3.05, 3.63) is 18.0 Å². The van der Waals surface area contributed by atoms with E-state index >= 15 is 0 Å². The fourth-order valence-electron chi connectivity index (χ4n) is 3.11. The molecular weight excluding hydrogens is 252 g/mol. The summed E-state index contributed by atoms with van der Waals surface area (Å²) in [5, 5.41) is 4.41. The number of aromatic nitrogens is 3. The zero-order valence-corrected chi connectivity index (χ0v) is 12.4. The molecule has 0 amide bonds. The Bertz CT molecular complexity index is 676. The van der Waals surface area contributed by atoms with Crippen molar-refractivity contribution in [3.8, 4) is 5.75 Å². The molecule has 0 radical (unpaired) electrons. The van der Waals surface area contributed by atoms with E-state index < -0.39 is 0 Å². The summed E-state index contributed by atoms with van der Waals surface area (Å²) in [6.07, 6.45) is 5.34. The van der Waals surface area contributed by atoms with Gasteiger partial charge in [0, 0.05) is 18.0 Å². The van der Waals surface area contributed by atoms with Crippen LogP contribution in [0.25, 0.3) is 5.65 Å². The number of anilines is 1. The summed E-state index contributed by atoms with van der Waals surface area (Å²) < 4.78 is 7.84. The Morgan fingerprint density at radius 3 is 2.80 bits per heavy atom. The first-order valence-corrected chi connectivity index (χ1v) is 7.39. The van der Waals surface area contributed by atoms with Gasteiger partial charge in [0.05, 0.1) is 18.4 Å². The Labute approximate surface area is 118 Å². The van der Waals surface area contributed by atoms with E-state index in [9.17, 15) is 0 Å². The summed E-state index contributed by atoms with van der Waals surface area (Å²) in [6, 6.07) is 0.941. The van der Waals surface area contributed by atoms with Gasteiger partial charge in [0.2, 0.25) is 0 Å². The van der Waals surface area contributed by atoms with Gasteiger partial charge in [-0.25, -0.2) is 9.50 Å². The summed E-state index contributed by atoms with van der Waals surface area (Å²) >= 11 is 0. The van der Waals surface area contributed by atoms with Gasteiger partial charge < -0.3 is 9.64 Å². The molecular formula is C15H20N4O. The lowest BCUT2D eigenvalue weighted by Gasteiger charge is -2.33. The first-order valence-electron chi connectivity index (χ1n) is 7.39. The second-order valence-electron chi connectivity index (χ2n) is 6.41. The van der Waals surface area contributed by atoms with Crippen LogP contribution in [-0.4, -0.2) is 32.8 Å². The normalized spacial score (nSPS) is 24.0. The molecule has 0 saturated heterocycles. The van der Waals surface area contributed by atoms with Crippen molar-refractivity contribution in [2.24, 2.45) is 0 Å². The zero-order valence-electron chi connectivity index (χ0n) is 12.4. The molecule has 20 heavy (non-hydrogen) atoms. The van der Waals surface area contributed by atoms with Gasteiger partial charge in [0.15, 0.2) is 17.2 Å². The summed E-state index contributed by atoms with van der Waals surface area (Å²) in [5.41, 5.74) is 2.14. The highest BCUT2D eigenvalue weighted by Gasteiger charge is 2.50. The molecule has 0 N–H and O–H groups in total. The number of nitrogens with zero attached hydrogens (tertiary/aromatic N) is 4. The summed E-state index contributed by atoms with van der Waals surface area (Å²) in [5.74, 6) is 2.26. The summed E-state index contributed by atoms with van der Waals surface area (Å²) in [4.78, 5) is 7.28. The lowest BCUT2D eigenvalue weighted by molar-refractivity contribution is 0.275. The predicted octanol–water partition coefficient (Wildman–Crippen LogP) is 2.60. The zero-order chi connectivity index (χ0) is 14.0. The smallest absolute Gasteiger partial charge is 0.180 e. The summed E-state index contributed by atoms with van der Waals surface area (Å²) in [6.45, 7) is 8.78. The van der Waals surface area contributed by atoms with E-state index in [1.165, 1.54) is 5.56 Å². The van der Waals surface area contributed by atoms with Crippen LogP contribution in [-0.2, 0) is 0 Å². The van der Waals surface area contributed by atoms with Crippen molar-refractivity contribution in [2.75, 3.05) is 4.90 Å². The Balaban J connectivity index is 1.91. The van der Waals surface area contributed by atoms with Gasteiger partial charge in [-0.2, -0.15) is 5.10 Å². The first kappa shape index (κ1) is 12.0. The minimum Gasteiger partial charge on any atom is -0.483 e. The third-order valence-electron chi connectivity index (χ3n) is 4.23. The standard InChI is InChI=1S/C15H20N4O/c1-8(2)10-6-16-18-7-13-15(17-14(10)18)19(9(3)4)11-5-12(11)20-13/h6-9,11-12H,5H2,1-4H3. The van der Waals surface area contributed by atoms with Crippen LogP contribution in [0.1, 0.15) is 45.6 Å². The molecule has 106 valence electrons. The SMILES string of the molecule is CC(C)c1cnn2cc3c(nc12)N(C(C)C)C1CC1O3. The molecule has 2 unspecified atom stereocenters. The lowest BCUT2D eigenvalue weighted by Crippen LogP contribution is -2.39. The second kappa shape index (κ2) is 3.87. The largest absolute Gasteiger partial charge is 0.483 e. The molecule has 1 fully saturated rings. The van der Waals surface area contributed by atoms with Crippen molar-refractivity contribution in [1.82, 2.24) is 14.6 Å². The van der Waals surface area contributed by atoms with E-state index in [4.69, 9.17) is 9.72 Å². The third-order valence-corrected chi connectivity index (χ3v) is 4.23. The van der Waals surface area contributed by atoms with Gasteiger partial charge in [-0.3, -0.25) is 0 Å². The van der Waals surface area contributed by atoms with E-state index in [0.29, 0.717) is 24.1 Å². The van der Waals surface area contributed by atoms with Crippen molar-refractivity contribution >= 4 is 11.5 Å². The van der Waals surface area contributed by atoms with Crippen molar-refractivity contribution in [2.45, 2.75) is 58.2 Å². The van der Waals surface area contributed by atoms with Crippen LogP contribution in [0.5, 0.6) is 5.75 Å². The topological polar surface area (TPSA) is 42.7 Å². The van der Waals surface area contributed by atoms with Crippen LogP contribution in [0.3, 0.4) is 0 Å². The van der Waals surface area contributed by atoms with Gasteiger partial charge in [0.25, 0.3) is 0 Å². The number of ether oxygens (including phenoxy) is 1. The first-order chi connectivity index (χ1) is 9.56. The van der Waals surface area contributed by atoms with Crippen LogP contribution in [0.2, 0.25) is 0 Å². The maximum atomic E-state index is 6.00. The molecule has 1 aliphatic carbocycles. The number of rotatable bonds is 2. The van der Waals surface area contributed by atoms with Crippen LogP contribution in [0.4, 0.5) is 5.82 Å². The van der Waals surface area contributed by atoms with Crippen molar-refractivity contribution in [1.29, 1.82) is 0 Å². The highest BCUT2D eigenvalue weighted by Crippen LogP contribution is 2.45. The Hall–Kier alpha value is -1.78. The number of hydrogen-bond acceptors (Lipinski definition) is 4. The third kappa shape index (κ3) is 1.55. The summed E-state index contributed by atoms with van der Waals surface area (Å²) in [7, 11) is 0. The maximum absolute atomic E-state index is 6.00. The molecule has 2 atom stereocenters. The fraction of sp³-hybridized carbons (Fsp3) is 0.600. The van der Waals surface area contributed by atoms with Crippen LogP contribution < -0.4 is 9.64 Å². The molecule has 1 aliphatic heterocycles. The van der Waals surface area contributed by atoms with E-state index in [1.54, 1.807) is 0 Å². The van der Waals surface area contributed by atoms with Crippen LogP contribution >= 0.6 is 0 Å². The Morgan fingerprint density at radius 1 is 1.30 bits per heavy atom. The van der Waals surface area contributed by atoms with Crippen LogP contribution in [0.15, 0.2) is 12.4 Å². The minimum absolute atomic E-state index is 0.337. The maximum Gasteiger partial charge on any atom is 0.180 e. The predicted molar refractivity (Wildman–Crippen MR) is 77.5 cm³/mol. The lowest BCUT2D eigenvalue weighted by atomic mass is 10.1. The number of hydrogen-bond donors (Lipinski definition) is 0. The van der Waals surface area contributed by atoms with Gasteiger partial charge in [0.1, 0.15) is 6.10 Å². The monoisotopic (exact) mass is 272 g/mol. The molecule has 2 aliphatic rings. The van der Waals surface area contributed by atoms with Gasteiger partial charge in [-0.1, -0.05) is 13.8 Å². The highest BCUT2D eigenvalue weighted by atomic mass is 16.5. The minimum atomic E-state index is 0.337. The quantitative estimate of drug-likeness (QED) is 0.843. The van der Waals surface area contributed by atoms with E-state index in [-0.39, 0.29) is 0 Å². The average molecular weight is 272 g/mol. The van der Waals surface area contributed by atoms with Gasteiger partial charge >= 0.3 is 0 Å². The molecule has 3 heterocycles. The fourth-order valence-corrected chi connectivity index (χ4v) is 3.11. The molecule has 5 nitrogen and oxygen atoms in total. The Kier molecular flexibility index (Phi) is 2.32. The molecule has 4 rings (SSSR count). The molecule has 1 saturated carbocycles. The molecule has 2 aromatic heterocycles. The van der Waals surface area contributed by atoms with E-state index in [2.05, 4.69) is 37.7 Å². The highest BCUT2D eigenvalue weighted by molar-refractivity contribution is 5.63.